The molecule has 11 nitrogen and oxygen atoms in total. The van der Waals surface area contributed by atoms with Gasteiger partial charge < -0.3 is 35.5 Å². The van der Waals surface area contributed by atoms with E-state index < -0.39 is 54.6 Å². The summed E-state index contributed by atoms with van der Waals surface area (Å²) < 4.78 is 67.3. The summed E-state index contributed by atoms with van der Waals surface area (Å²) in [6.45, 7) is -1.31. The molecule has 0 saturated carbocycles. The molecule has 0 bridgehead atoms. The largest absolute Gasteiger partial charge is 0.453 e. The maximum absolute atomic E-state index is 15.1. The summed E-state index contributed by atoms with van der Waals surface area (Å²) in [4.78, 5) is 41.7. The van der Waals surface area contributed by atoms with Crippen LogP contribution >= 0.6 is 0 Å². The first-order valence-corrected chi connectivity index (χ1v) is 14.7. The van der Waals surface area contributed by atoms with Crippen LogP contribution < -0.4 is 21.3 Å². The van der Waals surface area contributed by atoms with Crippen LogP contribution in [0.3, 0.4) is 0 Å². The van der Waals surface area contributed by atoms with Crippen molar-refractivity contribution in [2.75, 3.05) is 38.7 Å². The fourth-order valence-electron chi connectivity index (χ4n) is 5.08. The first-order valence-electron chi connectivity index (χ1n) is 14.7. The van der Waals surface area contributed by atoms with Crippen molar-refractivity contribution in [3.63, 3.8) is 0 Å². The molecule has 4 rings (SSSR count). The van der Waals surface area contributed by atoms with E-state index in [4.69, 9.17) is 14.2 Å². The number of anilines is 1. The number of methoxy groups -OCH3 is 1. The van der Waals surface area contributed by atoms with Gasteiger partial charge in [-0.25, -0.2) is 14.0 Å². The Labute approximate surface area is 268 Å². The minimum Gasteiger partial charge on any atom is -0.453 e. The molecule has 3 atom stereocenters. The van der Waals surface area contributed by atoms with E-state index in [1.54, 1.807) is 5.32 Å². The van der Waals surface area contributed by atoms with Gasteiger partial charge in [-0.05, 0) is 24.0 Å². The van der Waals surface area contributed by atoms with E-state index in [-0.39, 0.29) is 37.0 Å². The lowest BCUT2D eigenvalue weighted by Gasteiger charge is -2.30. The van der Waals surface area contributed by atoms with E-state index in [1.165, 1.54) is 13.3 Å². The van der Waals surface area contributed by atoms with E-state index in [1.807, 2.05) is 60.7 Å². The number of carbonyl (C=O) groups excluding carboxylic acids is 3. The molecule has 1 aromatic heterocycles. The molecule has 2 aromatic carbocycles. The van der Waals surface area contributed by atoms with Crippen LogP contribution in [0.2, 0.25) is 0 Å². The van der Waals surface area contributed by atoms with Gasteiger partial charge in [0.2, 0.25) is 5.91 Å². The van der Waals surface area contributed by atoms with Crippen LogP contribution in [0.25, 0.3) is 0 Å². The van der Waals surface area contributed by atoms with Crippen LogP contribution in [0.5, 0.6) is 0 Å². The summed E-state index contributed by atoms with van der Waals surface area (Å²) in [6.07, 6.45) is -4.13. The highest BCUT2D eigenvalue weighted by molar-refractivity contribution is 5.98. The second-order valence-electron chi connectivity index (χ2n) is 10.7. The predicted molar refractivity (Wildman–Crippen MR) is 162 cm³/mol. The number of halogens is 4. The molecule has 0 radical (unpaired) electrons. The summed E-state index contributed by atoms with van der Waals surface area (Å²) in [7, 11) is 1.19. The number of amides is 3. The van der Waals surface area contributed by atoms with Crippen LogP contribution in [-0.4, -0.2) is 80.9 Å². The molecule has 3 aromatic rings. The van der Waals surface area contributed by atoms with E-state index in [0.29, 0.717) is 13.0 Å². The Hall–Kier alpha value is -4.76. The molecular formula is C32H35F4N5O6. The number of benzene rings is 2. The van der Waals surface area contributed by atoms with Crippen molar-refractivity contribution in [2.45, 2.75) is 43.1 Å². The summed E-state index contributed by atoms with van der Waals surface area (Å²) in [5, 5.41) is 10.1. The molecule has 2 heterocycles. The number of ether oxygens (including phenoxy) is 3. The number of hydrogen-bond acceptors (Lipinski definition) is 8. The fourth-order valence-corrected chi connectivity index (χ4v) is 5.08. The Bertz CT molecular complexity index is 1430. The monoisotopic (exact) mass is 661 g/mol. The highest BCUT2D eigenvalue weighted by Crippen LogP contribution is 2.30. The molecule has 3 amide bonds. The number of alkyl carbamates (subject to hydrolysis) is 2. The number of nitrogens with one attached hydrogen (secondary N) is 4. The summed E-state index contributed by atoms with van der Waals surface area (Å²) in [6, 6.07) is 16.7. The topological polar surface area (TPSA) is 140 Å². The van der Waals surface area contributed by atoms with E-state index >= 15 is 4.39 Å². The third-order valence-electron chi connectivity index (χ3n) is 7.39. The fraction of sp³-hybridized carbons (Fsp3) is 0.375. The number of carbonyl (C=O) groups is 3. The zero-order valence-corrected chi connectivity index (χ0v) is 25.4. The zero-order valence-electron chi connectivity index (χ0n) is 25.4. The molecule has 0 unspecified atom stereocenters. The van der Waals surface area contributed by atoms with Gasteiger partial charge in [0.05, 0.1) is 43.9 Å². The lowest BCUT2D eigenvalue weighted by molar-refractivity contribution is -0.124. The van der Waals surface area contributed by atoms with Crippen molar-refractivity contribution in [3.05, 3.63) is 95.6 Å². The molecule has 47 heavy (non-hydrogen) atoms. The van der Waals surface area contributed by atoms with Crippen molar-refractivity contribution < 1.29 is 46.2 Å². The Morgan fingerprint density at radius 2 is 1.68 bits per heavy atom. The molecule has 15 heteroatoms. The van der Waals surface area contributed by atoms with Crippen LogP contribution in [0.4, 0.5) is 32.8 Å². The molecule has 4 N–H and O–H groups in total. The molecule has 1 aliphatic heterocycles. The highest BCUT2D eigenvalue weighted by atomic mass is 19.4. The summed E-state index contributed by atoms with van der Waals surface area (Å²) in [5.41, 5.74) is 1.80. The van der Waals surface area contributed by atoms with Gasteiger partial charge in [0.25, 0.3) is 0 Å². The van der Waals surface area contributed by atoms with Crippen molar-refractivity contribution in [2.24, 2.45) is 0 Å². The Morgan fingerprint density at radius 3 is 2.26 bits per heavy atom. The number of alkyl halides is 3. The number of rotatable bonds is 12. The Kier molecular flexibility index (Phi) is 12.5. The predicted octanol–water partition coefficient (Wildman–Crippen LogP) is 4.29. The molecule has 1 saturated heterocycles. The van der Waals surface area contributed by atoms with E-state index in [2.05, 4.69) is 20.9 Å². The van der Waals surface area contributed by atoms with Gasteiger partial charge in [-0.1, -0.05) is 60.7 Å². The van der Waals surface area contributed by atoms with Gasteiger partial charge in [0.15, 0.2) is 0 Å². The third-order valence-corrected chi connectivity index (χ3v) is 7.39. The average Bonchev–Trinajstić information content (AvgIpc) is 3.07. The molecule has 1 fully saturated rings. The second-order valence-corrected chi connectivity index (χ2v) is 10.7. The van der Waals surface area contributed by atoms with Gasteiger partial charge in [-0.2, -0.15) is 13.2 Å². The quantitative estimate of drug-likeness (QED) is 0.211. The smallest absolute Gasteiger partial charge is 0.407 e. The first-order chi connectivity index (χ1) is 22.5. The number of aromatic nitrogens is 1. The highest BCUT2D eigenvalue weighted by Gasteiger charge is 2.34. The van der Waals surface area contributed by atoms with Gasteiger partial charge in [0, 0.05) is 18.0 Å². The Balaban J connectivity index is 1.41. The maximum Gasteiger partial charge on any atom is 0.407 e. The van der Waals surface area contributed by atoms with Crippen molar-refractivity contribution in [3.8, 4) is 0 Å². The molecule has 252 valence electrons. The lowest BCUT2D eigenvalue weighted by atomic mass is 9.84. The van der Waals surface area contributed by atoms with Crippen LogP contribution in [0, 0.1) is 5.82 Å². The molecule has 1 aliphatic rings. The van der Waals surface area contributed by atoms with Crippen molar-refractivity contribution in [1.29, 1.82) is 0 Å². The van der Waals surface area contributed by atoms with Gasteiger partial charge in [-0.15, -0.1) is 0 Å². The van der Waals surface area contributed by atoms with E-state index in [0.717, 1.165) is 17.3 Å². The van der Waals surface area contributed by atoms with Gasteiger partial charge in [0.1, 0.15) is 25.0 Å². The normalized spacial score (nSPS) is 17.0. The molecular weight excluding hydrogens is 626 g/mol. The number of pyridine rings is 1. The molecule has 0 aliphatic carbocycles. The minimum atomic E-state index is -4.55. The third kappa shape index (κ3) is 10.6. The lowest BCUT2D eigenvalue weighted by Crippen LogP contribution is -2.49. The first kappa shape index (κ1) is 35.1. The average molecular weight is 662 g/mol. The van der Waals surface area contributed by atoms with Crippen LogP contribution in [0.15, 0.2) is 73.1 Å². The van der Waals surface area contributed by atoms with Crippen molar-refractivity contribution in [1.82, 2.24) is 20.9 Å². The zero-order chi connectivity index (χ0) is 33.8. The number of nitrogens with zero attached hydrogens (tertiary/aromatic N) is 1. The summed E-state index contributed by atoms with van der Waals surface area (Å²) >= 11 is 0. The van der Waals surface area contributed by atoms with Crippen molar-refractivity contribution >= 4 is 23.8 Å². The maximum atomic E-state index is 15.1. The van der Waals surface area contributed by atoms with E-state index in [9.17, 15) is 27.6 Å². The minimum absolute atomic E-state index is 0.0981. The summed E-state index contributed by atoms with van der Waals surface area (Å²) in [5.74, 6) is -1.90. The Morgan fingerprint density at radius 1 is 1.02 bits per heavy atom. The second kappa shape index (κ2) is 16.7. The van der Waals surface area contributed by atoms with Gasteiger partial charge >= 0.3 is 18.4 Å². The number of morpholine rings is 1. The number of hydrogen-bond donors (Lipinski definition) is 4. The molecule has 0 spiro atoms. The standard InChI is InChI=1S/C32H35F4N5O6/c1-45-31(44)41-28(27(20-8-4-2-5-9-20)21-10-6-3-7-11-21)29(42)40-26-16-37-15-25(33)24(26)13-12-23-14-38-22(17-46-23)18-47-30(43)39-19-32(34,35)36/h2-11,15-16,22-23,27-28,38H,12-14,17-19H2,1H3,(H,39,43)(H,40,42)(H,41,44)/t22-,23+,28-/m0/s1. The van der Waals surface area contributed by atoms with Crippen LogP contribution in [-0.2, 0) is 25.4 Å². The van der Waals surface area contributed by atoms with Crippen LogP contribution in [0.1, 0.15) is 29.0 Å². The van der Waals surface area contributed by atoms with Gasteiger partial charge in [-0.3, -0.25) is 9.78 Å². The SMILES string of the molecule is COC(=O)N[C@H](C(=O)Nc1cncc(F)c1CC[C@@H]1CN[C@H](COC(=O)NCC(F)(F)F)CO1)C(c1ccccc1)c1ccccc1.